The van der Waals surface area contributed by atoms with Crippen LogP contribution in [0, 0.1) is 5.92 Å². The fourth-order valence-electron chi connectivity index (χ4n) is 3.82. The van der Waals surface area contributed by atoms with E-state index >= 15 is 0 Å². The van der Waals surface area contributed by atoms with E-state index in [9.17, 15) is 9.59 Å². The first-order valence-corrected chi connectivity index (χ1v) is 9.31. The first kappa shape index (κ1) is 16.5. The van der Waals surface area contributed by atoms with Gasteiger partial charge >= 0.3 is 0 Å². The molecule has 1 aromatic rings. The molecule has 2 amide bonds. The minimum Gasteiger partial charge on any atom is -0.362 e. The number of amides is 2. The Kier molecular flexibility index (Phi) is 4.46. The van der Waals surface area contributed by atoms with E-state index in [1.54, 1.807) is 12.3 Å². The second kappa shape index (κ2) is 6.75. The van der Waals surface area contributed by atoms with Gasteiger partial charge in [-0.3, -0.25) is 14.6 Å². The number of carbonyl (C=O) groups is 2. The number of carbonyl (C=O) groups excluding carboxylic acids is 2. The Morgan fingerprint density at radius 1 is 1.20 bits per heavy atom. The number of piperidine rings is 1. The second-order valence-electron chi connectivity index (χ2n) is 7.52. The summed E-state index contributed by atoms with van der Waals surface area (Å²) >= 11 is 0. The molecule has 2 saturated heterocycles. The molecule has 6 heteroatoms. The van der Waals surface area contributed by atoms with Crippen LogP contribution in [0.1, 0.15) is 49.0 Å². The summed E-state index contributed by atoms with van der Waals surface area (Å²) in [6.07, 6.45) is 7.05. The number of nitrogens with zero attached hydrogens (tertiary/aromatic N) is 2. The molecule has 1 aliphatic carbocycles. The van der Waals surface area contributed by atoms with E-state index in [0.29, 0.717) is 24.7 Å². The van der Waals surface area contributed by atoms with Gasteiger partial charge in [0.05, 0.1) is 5.60 Å². The summed E-state index contributed by atoms with van der Waals surface area (Å²) in [5.74, 6) is 0.697. The lowest BCUT2D eigenvalue weighted by Crippen LogP contribution is -2.47. The summed E-state index contributed by atoms with van der Waals surface area (Å²) in [6.45, 7) is 2.11. The molecule has 1 atom stereocenters. The monoisotopic (exact) mass is 343 g/mol. The SMILES string of the molecule is O=C(NCC1CC1)C1CCC2(CCN(C(=O)c3ccccn3)CC2)O1. The van der Waals surface area contributed by atoms with Crippen LogP contribution < -0.4 is 5.32 Å². The molecule has 1 spiro atoms. The molecule has 1 N–H and O–H groups in total. The van der Waals surface area contributed by atoms with Crippen molar-refractivity contribution < 1.29 is 14.3 Å². The van der Waals surface area contributed by atoms with Crippen LogP contribution in [0.4, 0.5) is 0 Å². The summed E-state index contributed by atoms with van der Waals surface area (Å²) in [7, 11) is 0. The highest BCUT2D eigenvalue weighted by Gasteiger charge is 2.45. The first-order valence-electron chi connectivity index (χ1n) is 9.31. The van der Waals surface area contributed by atoms with Crippen molar-refractivity contribution in [2.24, 2.45) is 5.92 Å². The zero-order valence-electron chi connectivity index (χ0n) is 14.4. The van der Waals surface area contributed by atoms with Gasteiger partial charge in [0.15, 0.2) is 0 Å². The van der Waals surface area contributed by atoms with Crippen molar-refractivity contribution in [3.05, 3.63) is 30.1 Å². The topological polar surface area (TPSA) is 71.5 Å². The molecule has 1 saturated carbocycles. The Morgan fingerprint density at radius 2 is 2.00 bits per heavy atom. The van der Waals surface area contributed by atoms with Crippen LogP contribution in [0.15, 0.2) is 24.4 Å². The van der Waals surface area contributed by atoms with Crippen molar-refractivity contribution in [3.63, 3.8) is 0 Å². The maximum atomic E-state index is 12.5. The average Bonchev–Trinajstić information content (AvgIpc) is 3.40. The molecular formula is C19H25N3O3. The molecule has 25 heavy (non-hydrogen) atoms. The fraction of sp³-hybridized carbons (Fsp3) is 0.632. The van der Waals surface area contributed by atoms with Gasteiger partial charge in [0.1, 0.15) is 11.8 Å². The Labute approximate surface area is 147 Å². The molecule has 1 unspecified atom stereocenters. The normalized spacial score (nSPS) is 25.1. The van der Waals surface area contributed by atoms with Crippen LogP contribution in [0.2, 0.25) is 0 Å². The highest BCUT2D eigenvalue weighted by Crippen LogP contribution is 2.39. The molecule has 1 aromatic heterocycles. The number of aromatic nitrogens is 1. The molecular weight excluding hydrogens is 318 g/mol. The van der Waals surface area contributed by atoms with Gasteiger partial charge in [0.25, 0.3) is 5.91 Å². The summed E-state index contributed by atoms with van der Waals surface area (Å²) in [5, 5.41) is 3.02. The van der Waals surface area contributed by atoms with Crippen LogP contribution in [-0.2, 0) is 9.53 Å². The minimum atomic E-state index is -0.322. The number of rotatable bonds is 4. The third-order valence-electron chi connectivity index (χ3n) is 5.65. The predicted octanol–water partition coefficient (Wildman–Crippen LogP) is 1.76. The molecule has 0 aromatic carbocycles. The average molecular weight is 343 g/mol. The molecule has 3 fully saturated rings. The Hall–Kier alpha value is -1.95. The number of likely N-dealkylation sites (tertiary alicyclic amines) is 1. The van der Waals surface area contributed by atoms with Gasteiger partial charge in [-0.25, -0.2) is 0 Å². The molecule has 3 aliphatic rings. The van der Waals surface area contributed by atoms with E-state index in [0.717, 1.165) is 32.2 Å². The standard InChI is InChI=1S/C19H25N3O3/c23-17(21-13-14-4-5-14)16-6-7-19(25-16)8-11-22(12-9-19)18(24)15-3-1-2-10-20-15/h1-3,10,14,16H,4-9,11-13H2,(H,21,23). The zero-order chi connectivity index (χ0) is 17.3. The van der Waals surface area contributed by atoms with Crippen molar-refractivity contribution in [1.82, 2.24) is 15.2 Å². The van der Waals surface area contributed by atoms with Crippen molar-refractivity contribution in [2.45, 2.75) is 50.2 Å². The molecule has 0 bridgehead atoms. The van der Waals surface area contributed by atoms with Crippen LogP contribution in [0.25, 0.3) is 0 Å². The number of hydrogen-bond donors (Lipinski definition) is 1. The number of pyridine rings is 1. The maximum absolute atomic E-state index is 12.5. The molecule has 0 radical (unpaired) electrons. The number of ether oxygens (including phenoxy) is 1. The zero-order valence-corrected chi connectivity index (χ0v) is 14.4. The molecule has 4 rings (SSSR count). The summed E-state index contributed by atoms with van der Waals surface area (Å²) in [5.41, 5.74) is 0.255. The Morgan fingerprint density at radius 3 is 2.68 bits per heavy atom. The lowest BCUT2D eigenvalue weighted by Gasteiger charge is -2.38. The molecule has 3 heterocycles. The fourth-order valence-corrected chi connectivity index (χ4v) is 3.82. The Balaban J connectivity index is 1.29. The lowest BCUT2D eigenvalue weighted by molar-refractivity contribution is -0.140. The van der Waals surface area contributed by atoms with E-state index in [2.05, 4.69) is 10.3 Å². The van der Waals surface area contributed by atoms with Gasteiger partial charge in [-0.05, 0) is 56.6 Å². The minimum absolute atomic E-state index is 0.0211. The van der Waals surface area contributed by atoms with E-state index in [-0.39, 0.29) is 23.5 Å². The van der Waals surface area contributed by atoms with Crippen molar-refractivity contribution in [2.75, 3.05) is 19.6 Å². The van der Waals surface area contributed by atoms with Gasteiger partial charge in [0, 0.05) is 25.8 Å². The first-order chi connectivity index (χ1) is 12.2. The quantitative estimate of drug-likeness (QED) is 0.904. The van der Waals surface area contributed by atoms with Gasteiger partial charge < -0.3 is 15.0 Å². The largest absolute Gasteiger partial charge is 0.362 e. The van der Waals surface area contributed by atoms with Gasteiger partial charge in [-0.1, -0.05) is 6.07 Å². The van der Waals surface area contributed by atoms with Gasteiger partial charge in [-0.2, -0.15) is 0 Å². The number of nitrogens with one attached hydrogen (secondary N) is 1. The van der Waals surface area contributed by atoms with E-state index in [1.165, 1.54) is 12.8 Å². The van der Waals surface area contributed by atoms with Gasteiger partial charge in [0.2, 0.25) is 5.91 Å². The van der Waals surface area contributed by atoms with Crippen LogP contribution >= 0.6 is 0 Å². The van der Waals surface area contributed by atoms with Crippen LogP contribution in [0.5, 0.6) is 0 Å². The second-order valence-corrected chi connectivity index (χ2v) is 7.52. The third-order valence-corrected chi connectivity index (χ3v) is 5.65. The third kappa shape index (κ3) is 3.68. The predicted molar refractivity (Wildman–Crippen MR) is 91.9 cm³/mol. The van der Waals surface area contributed by atoms with Gasteiger partial charge in [-0.15, -0.1) is 0 Å². The van der Waals surface area contributed by atoms with E-state index < -0.39 is 0 Å². The molecule has 134 valence electrons. The lowest BCUT2D eigenvalue weighted by atomic mass is 9.88. The van der Waals surface area contributed by atoms with Crippen LogP contribution in [-0.4, -0.2) is 53.0 Å². The molecule has 6 nitrogen and oxygen atoms in total. The van der Waals surface area contributed by atoms with Crippen molar-refractivity contribution in [1.29, 1.82) is 0 Å². The molecule has 2 aliphatic heterocycles. The highest BCUT2D eigenvalue weighted by molar-refractivity contribution is 5.92. The van der Waals surface area contributed by atoms with E-state index in [1.807, 2.05) is 17.0 Å². The van der Waals surface area contributed by atoms with Crippen LogP contribution in [0.3, 0.4) is 0 Å². The van der Waals surface area contributed by atoms with Crippen molar-refractivity contribution >= 4 is 11.8 Å². The summed E-state index contributed by atoms with van der Waals surface area (Å²) in [6, 6.07) is 5.39. The Bertz CT molecular complexity index is 637. The smallest absolute Gasteiger partial charge is 0.272 e. The summed E-state index contributed by atoms with van der Waals surface area (Å²) in [4.78, 5) is 30.7. The van der Waals surface area contributed by atoms with E-state index in [4.69, 9.17) is 4.74 Å². The van der Waals surface area contributed by atoms with Crippen molar-refractivity contribution in [3.8, 4) is 0 Å². The summed E-state index contributed by atoms with van der Waals surface area (Å²) < 4.78 is 6.17. The number of hydrogen-bond acceptors (Lipinski definition) is 4. The highest BCUT2D eigenvalue weighted by atomic mass is 16.5. The maximum Gasteiger partial charge on any atom is 0.272 e.